The third-order valence-electron chi connectivity index (χ3n) is 1.13. The van der Waals surface area contributed by atoms with E-state index in [0.717, 1.165) is 4.47 Å². The molecule has 0 spiro atoms. The molecule has 1 aromatic heterocycles. The van der Waals surface area contributed by atoms with Gasteiger partial charge in [-0.2, -0.15) is 11.3 Å². The summed E-state index contributed by atoms with van der Waals surface area (Å²) in [4.78, 5) is 0. The number of rotatable bonds is 1. The van der Waals surface area contributed by atoms with Crippen molar-refractivity contribution in [2.75, 3.05) is 0 Å². The van der Waals surface area contributed by atoms with Gasteiger partial charge in [0.1, 0.15) is 0 Å². The van der Waals surface area contributed by atoms with Crippen LogP contribution in [0.2, 0.25) is 0 Å². The molecule has 0 aliphatic heterocycles. The van der Waals surface area contributed by atoms with E-state index in [2.05, 4.69) is 21.3 Å². The SMILES string of the molecule is C[C@@H](N)c1cscc1Br. The Bertz CT molecular complexity index is 195. The van der Waals surface area contributed by atoms with E-state index < -0.39 is 0 Å². The van der Waals surface area contributed by atoms with Crippen LogP contribution in [-0.4, -0.2) is 0 Å². The molecule has 1 rings (SSSR count). The summed E-state index contributed by atoms with van der Waals surface area (Å²) in [7, 11) is 0. The van der Waals surface area contributed by atoms with E-state index in [9.17, 15) is 0 Å². The number of nitrogens with two attached hydrogens (primary N) is 1. The summed E-state index contributed by atoms with van der Waals surface area (Å²) in [5.74, 6) is 0. The molecule has 0 aromatic carbocycles. The molecule has 50 valence electrons. The first-order chi connectivity index (χ1) is 4.22. The van der Waals surface area contributed by atoms with Crippen LogP contribution in [0.3, 0.4) is 0 Å². The maximum atomic E-state index is 5.64. The quantitative estimate of drug-likeness (QED) is 0.750. The first kappa shape index (κ1) is 7.25. The number of halogens is 1. The maximum absolute atomic E-state index is 5.64. The van der Waals surface area contributed by atoms with E-state index in [-0.39, 0.29) is 6.04 Å². The van der Waals surface area contributed by atoms with Crippen molar-refractivity contribution in [3.63, 3.8) is 0 Å². The molecule has 2 N–H and O–H groups in total. The number of hydrogen-bond acceptors (Lipinski definition) is 2. The van der Waals surface area contributed by atoms with Gasteiger partial charge in [-0.1, -0.05) is 0 Å². The van der Waals surface area contributed by atoms with Crippen LogP contribution in [-0.2, 0) is 0 Å². The highest BCUT2D eigenvalue weighted by Gasteiger charge is 2.03. The topological polar surface area (TPSA) is 26.0 Å². The van der Waals surface area contributed by atoms with Crippen molar-refractivity contribution < 1.29 is 0 Å². The van der Waals surface area contributed by atoms with Crippen LogP contribution in [0.15, 0.2) is 15.2 Å². The average molecular weight is 206 g/mol. The molecule has 1 atom stereocenters. The summed E-state index contributed by atoms with van der Waals surface area (Å²) < 4.78 is 1.13. The Labute approximate surface area is 67.0 Å². The Hall–Kier alpha value is 0.140. The number of thiophene rings is 1. The van der Waals surface area contributed by atoms with Gasteiger partial charge in [0.15, 0.2) is 0 Å². The van der Waals surface area contributed by atoms with Gasteiger partial charge in [0.25, 0.3) is 0 Å². The normalized spacial score (nSPS) is 13.7. The van der Waals surface area contributed by atoms with E-state index in [1.165, 1.54) is 5.56 Å². The highest BCUT2D eigenvalue weighted by molar-refractivity contribution is 9.10. The van der Waals surface area contributed by atoms with E-state index in [1.807, 2.05) is 12.3 Å². The molecule has 0 radical (unpaired) electrons. The second-order valence-corrected chi connectivity index (χ2v) is 3.56. The lowest BCUT2D eigenvalue weighted by atomic mass is 10.2. The fourth-order valence-corrected chi connectivity index (χ4v) is 2.38. The average Bonchev–Trinajstić information content (AvgIpc) is 2.13. The van der Waals surface area contributed by atoms with Crippen molar-refractivity contribution in [2.24, 2.45) is 5.73 Å². The Morgan fingerprint density at radius 1 is 1.67 bits per heavy atom. The fraction of sp³-hybridized carbons (Fsp3) is 0.333. The summed E-state index contributed by atoms with van der Waals surface area (Å²) in [6.45, 7) is 1.98. The van der Waals surface area contributed by atoms with Gasteiger partial charge in [-0.25, -0.2) is 0 Å². The predicted molar refractivity (Wildman–Crippen MR) is 44.6 cm³/mol. The fourth-order valence-electron chi connectivity index (χ4n) is 0.616. The van der Waals surface area contributed by atoms with Crippen LogP contribution in [0.4, 0.5) is 0 Å². The zero-order valence-corrected chi connectivity index (χ0v) is 7.50. The van der Waals surface area contributed by atoms with E-state index >= 15 is 0 Å². The van der Waals surface area contributed by atoms with Gasteiger partial charge in [-0.3, -0.25) is 0 Å². The first-order valence-corrected chi connectivity index (χ1v) is 4.42. The monoisotopic (exact) mass is 205 g/mol. The van der Waals surface area contributed by atoms with Gasteiger partial charge >= 0.3 is 0 Å². The minimum Gasteiger partial charge on any atom is -0.324 e. The predicted octanol–water partition coefficient (Wildman–Crippen LogP) is 2.53. The van der Waals surface area contributed by atoms with E-state index in [1.54, 1.807) is 11.3 Å². The van der Waals surface area contributed by atoms with Gasteiger partial charge in [0, 0.05) is 15.9 Å². The smallest absolute Gasteiger partial charge is 0.0329 e. The van der Waals surface area contributed by atoms with Crippen molar-refractivity contribution in [1.29, 1.82) is 0 Å². The second kappa shape index (κ2) is 2.82. The Kier molecular flexibility index (Phi) is 2.27. The molecule has 0 saturated heterocycles. The Morgan fingerprint density at radius 2 is 2.33 bits per heavy atom. The molecule has 0 fully saturated rings. The maximum Gasteiger partial charge on any atom is 0.0329 e. The van der Waals surface area contributed by atoms with Crippen molar-refractivity contribution >= 4 is 27.3 Å². The molecule has 0 unspecified atom stereocenters. The van der Waals surface area contributed by atoms with Crippen molar-refractivity contribution in [3.8, 4) is 0 Å². The minimum absolute atomic E-state index is 0.144. The molecule has 1 nitrogen and oxygen atoms in total. The van der Waals surface area contributed by atoms with Gasteiger partial charge in [0.2, 0.25) is 0 Å². The zero-order valence-electron chi connectivity index (χ0n) is 5.10. The summed E-state index contributed by atoms with van der Waals surface area (Å²) in [6.07, 6.45) is 0. The molecular weight excluding hydrogens is 198 g/mol. The molecule has 1 aromatic rings. The lowest BCUT2D eigenvalue weighted by Gasteiger charge is -2.00. The molecular formula is C6H8BrNS. The molecule has 0 aliphatic rings. The van der Waals surface area contributed by atoms with Gasteiger partial charge in [-0.15, -0.1) is 0 Å². The summed E-state index contributed by atoms with van der Waals surface area (Å²) >= 11 is 5.06. The molecule has 9 heavy (non-hydrogen) atoms. The Balaban J connectivity index is 2.94. The third kappa shape index (κ3) is 1.53. The van der Waals surface area contributed by atoms with Gasteiger partial charge < -0.3 is 5.73 Å². The third-order valence-corrected chi connectivity index (χ3v) is 2.88. The van der Waals surface area contributed by atoms with Crippen LogP contribution >= 0.6 is 27.3 Å². The highest BCUT2D eigenvalue weighted by atomic mass is 79.9. The molecule has 1 heterocycles. The van der Waals surface area contributed by atoms with E-state index in [0.29, 0.717) is 0 Å². The van der Waals surface area contributed by atoms with Crippen LogP contribution in [0.1, 0.15) is 18.5 Å². The van der Waals surface area contributed by atoms with Crippen LogP contribution < -0.4 is 5.73 Å². The summed E-state index contributed by atoms with van der Waals surface area (Å²) in [5.41, 5.74) is 6.83. The van der Waals surface area contributed by atoms with Crippen molar-refractivity contribution in [1.82, 2.24) is 0 Å². The Morgan fingerprint density at radius 3 is 2.56 bits per heavy atom. The second-order valence-electron chi connectivity index (χ2n) is 1.96. The van der Waals surface area contributed by atoms with Crippen molar-refractivity contribution in [3.05, 3.63) is 20.8 Å². The molecule has 3 heteroatoms. The zero-order chi connectivity index (χ0) is 6.85. The number of hydrogen-bond donors (Lipinski definition) is 1. The summed E-state index contributed by atoms with van der Waals surface area (Å²) in [5, 5.41) is 4.10. The van der Waals surface area contributed by atoms with Gasteiger partial charge in [0.05, 0.1) is 0 Å². The van der Waals surface area contributed by atoms with Crippen LogP contribution in [0.25, 0.3) is 0 Å². The molecule has 0 saturated carbocycles. The molecule has 0 aliphatic carbocycles. The first-order valence-electron chi connectivity index (χ1n) is 2.69. The lowest BCUT2D eigenvalue weighted by molar-refractivity contribution is 0.818. The van der Waals surface area contributed by atoms with Gasteiger partial charge in [-0.05, 0) is 33.8 Å². The molecule has 0 bridgehead atoms. The van der Waals surface area contributed by atoms with Crippen LogP contribution in [0, 0.1) is 0 Å². The minimum atomic E-state index is 0.144. The molecule has 0 amide bonds. The lowest BCUT2D eigenvalue weighted by Crippen LogP contribution is -2.03. The van der Waals surface area contributed by atoms with Crippen LogP contribution in [0.5, 0.6) is 0 Å². The van der Waals surface area contributed by atoms with E-state index in [4.69, 9.17) is 5.73 Å². The van der Waals surface area contributed by atoms with Crippen molar-refractivity contribution in [2.45, 2.75) is 13.0 Å². The standard InChI is InChI=1S/C6H8BrNS/c1-4(8)5-2-9-3-6(5)7/h2-4H,8H2,1H3/t4-/m1/s1. The largest absolute Gasteiger partial charge is 0.324 e. The summed E-state index contributed by atoms with van der Waals surface area (Å²) in [6, 6.07) is 0.144. The highest BCUT2D eigenvalue weighted by Crippen LogP contribution is 2.25.